The van der Waals surface area contributed by atoms with Gasteiger partial charge in [0.2, 0.25) is 0 Å². The van der Waals surface area contributed by atoms with Gasteiger partial charge in [-0.2, -0.15) is 0 Å². The van der Waals surface area contributed by atoms with Gasteiger partial charge in [0, 0.05) is 0 Å². The van der Waals surface area contributed by atoms with Gasteiger partial charge < -0.3 is 4.74 Å². The van der Waals surface area contributed by atoms with E-state index in [1.165, 1.54) is 50.4 Å². The van der Waals surface area contributed by atoms with Crippen LogP contribution in [0, 0.1) is 11.3 Å². The standard InChI is InChI=1S/C21H26O/c1-4-22-16-6-7-17-15(13-16)5-9-20-18(17)8-10-19-14(2)11-12-21(19,20)3/h4,6-7,13,18,20H,1,5,8-12H2,2-3H3. The van der Waals surface area contributed by atoms with E-state index in [2.05, 4.69) is 38.6 Å². The third kappa shape index (κ3) is 1.91. The van der Waals surface area contributed by atoms with E-state index >= 15 is 0 Å². The molecule has 1 nitrogen and oxygen atoms in total. The molecule has 1 saturated carbocycles. The van der Waals surface area contributed by atoms with Crippen molar-refractivity contribution in [2.45, 2.75) is 58.3 Å². The monoisotopic (exact) mass is 294 g/mol. The second kappa shape index (κ2) is 5.01. The van der Waals surface area contributed by atoms with Crippen LogP contribution in [-0.2, 0) is 6.42 Å². The highest BCUT2D eigenvalue weighted by Crippen LogP contribution is 2.61. The second-order valence-corrected chi connectivity index (χ2v) is 7.61. The molecule has 0 aromatic heterocycles. The number of hydrogen-bond acceptors (Lipinski definition) is 1. The maximum absolute atomic E-state index is 5.47. The first-order valence-electron chi connectivity index (χ1n) is 8.73. The number of hydrogen-bond donors (Lipinski definition) is 0. The molecule has 1 aromatic rings. The van der Waals surface area contributed by atoms with Crippen molar-refractivity contribution in [3.8, 4) is 5.75 Å². The molecule has 0 amide bonds. The summed E-state index contributed by atoms with van der Waals surface area (Å²) in [4.78, 5) is 0. The molecular formula is C21H26O. The second-order valence-electron chi connectivity index (χ2n) is 7.61. The average molecular weight is 294 g/mol. The molecule has 116 valence electrons. The first-order valence-corrected chi connectivity index (χ1v) is 8.73. The molecule has 1 heteroatoms. The van der Waals surface area contributed by atoms with Crippen molar-refractivity contribution in [3.63, 3.8) is 0 Å². The van der Waals surface area contributed by atoms with Crippen LogP contribution in [0.5, 0.6) is 5.75 Å². The fourth-order valence-electron chi connectivity index (χ4n) is 5.62. The van der Waals surface area contributed by atoms with Crippen molar-refractivity contribution < 1.29 is 4.74 Å². The molecule has 0 heterocycles. The van der Waals surface area contributed by atoms with E-state index in [0.29, 0.717) is 5.41 Å². The number of benzene rings is 1. The molecule has 3 aliphatic rings. The SMILES string of the molecule is C=COc1ccc2c(c1)CCC1C2CCC2=C(C)CCC21C. The maximum Gasteiger partial charge on any atom is 0.126 e. The summed E-state index contributed by atoms with van der Waals surface area (Å²) in [5.74, 6) is 2.53. The number of aryl methyl sites for hydroxylation is 1. The van der Waals surface area contributed by atoms with Crippen LogP contribution in [0.3, 0.4) is 0 Å². The molecule has 0 aliphatic heterocycles. The van der Waals surface area contributed by atoms with Crippen molar-refractivity contribution >= 4 is 0 Å². The summed E-state index contributed by atoms with van der Waals surface area (Å²) in [5.41, 5.74) is 7.08. The lowest BCUT2D eigenvalue weighted by Crippen LogP contribution is -2.38. The largest absolute Gasteiger partial charge is 0.466 e. The van der Waals surface area contributed by atoms with Gasteiger partial charge >= 0.3 is 0 Å². The zero-order chi connectivity index (χ0) is 15.3. The van der Waals surface area contributed by atoms with Crippen molar-refractivity contribution in [2.24, 2.45) is 11.3 Å². The van der Waals surface area contributed by atoms with Gasteiger partial charge in [-0.1, -0.05) is 30.7 Å². The van der Waals surface area contributed by atoms with E-state index in [9.17, 15) is 0 Å². The summed E-state index contributed by atoms with van der Waals surface area (Å²) in [7, 11) is 0. The zero-order valence-electron chi connectivity index (χ0n) is 13.8. The van der Waals surface area contributed by atoms with E-state index in [4.69, 9.17) is 4.74 Å². The van der Waals surface area contributed by atoms with Gasteiger partial charge in [0.05, 0.1) is 6.26 Å². The Bertz CT molecular complexity index is 654. The lowest BCUT2D eigenvalue weighted by molar-refractivity contribution is 0.137. The van der Waals surface area contributed by atoms with Gasteiger partial charge in [-0.25, -0.2) is 0 Å². The molecule has 0 radical (unpaired) electrons. The summed E-state index contributed by atoms with van der Waals surface area (Å²) in [6.07, 6.45) is 9.41. The van der Waals surface area contributed by atoms with Crippen LogP contribution < -0.4 is 4.74 Å². The summed E-state index contributed by atoms with van der Waals surface area (Å²) < 4.78 is 5.47. The van der Waals surface area contributed by atoms with E-state index in [-0.39, 0.29) is 0 Å². The average Bonchev–Trinajstić information content (AvgIpc) is 2.83. The van der Waals surface area contributed by atoms with Crippen LogP contribution in [0.4, 0.5) is 0 Å². The highest BCUT2D eigenvalue weighted by molar-refractivity contribution is 5.43. The minimum atomic E-state index is 0.473. The van der Waals surface area contributed by atoms with E-state index in [1.807, 2.05) is 5.57 Å². The van der Waals surface area contributed by atoms with Crippen LogP contribution in [0.25, 0.3) is 0 Å². The fraction of sp³-hybridized carbons (Fsp3) is 0.524. The number of allylic oxidation sites excluding steroid dienone is 2. The van der Waals surface area contributed by atoms with Gasteiger partial charge in [0.25, 0.3) is 0 Å². The Morgan fingerprint density at radius 3 is 2.91 bits per heavy atom. The maximum atomic E-state index is 5.47. The lowest BCUT2D eigenvalue weighted by Gasteiger charge is -2.49. The Morgan fingerprint density at radius 1 is 1.23 bits per heavy atom. The van der Waals surface area contributed by atoms with Gasteiger partial charge in [0.1, 0.15) is 5.75 Å². The molecule has 3 unspecified atom stereocenters. The highest BCUT2D eigenvalue weighted by Gasteiger charge is 2.49. The van der Waals surface area contributed by atoms with Gasteiger partial charge in [0.15, 0.2) is 0 Å². The van der Waals surface area contributed by atoms with Crippen LogP contribution in [-0.4, -0.2) is 0 Å². The third-order valence-corrected chi connectivity index (χ3v) is 6.69. The molecule has 0 spiro atoms. The van der Waals surface area contributed by atoms with Gasteiger partial charge in [-0.15, -0.1) is 0 Å². The minimum Gasteiger partial charge on any atom is -0.466 e. The highest BCUT2D eigenvalue weighted by atomic mass is 16.5. The zero-order valence-corrected chi connectivity index (χ0v) is 13.8. The van der Waals surface area contributed by atoms with Crippen molar-refractivity contribution in [1.82, 2.24) is 0 Å². The Hall–Kier alpha value is -1.50. The molecule has 1 fully saturated rings. The van der Waals surface area contributed by atoms with E-state index in [1.54, 1.807) is 11.1 Å². The fourth-order valence-corrected chi connectivity index (χ4v) is 5.62. The molecule has 0 bridgehead atoms. The normalized spacial score (nSPS) is 33.0. The molecule has 1 aromatic carbocycles. The number of fused-ring (bicyclic) bond motifs is 5. The van der Waals surface area contributed by atoms with Crippen LogP contribution in [0.2, 0.25) is 0 Å². The molecule has 0 saturated heterocycles. The molecule has 22 heavy (non-hydrogen) atoms. The van der Waals surface area contributed by atoms with Gasteiger partial charge in [-0.3, -0.25) is 0 Å². The molecular weight excluding hydrogens is 268 g/mol. The first-order chi connectivity index (χ1) is 10.6. The smallest absolute Gasteiger partial charge is 0.126 e. The molecule has 0 N–H and O–H groups in total. The van der Waals surface area contributed by atoms with Gasteiger partial charge in [-0.05, 0) is 86.0 Å². The van der Waals surface area contributed by atoms with E-state index in [0.717, 1.165) is 17.6 Å². The summed E-state index contributed by atoms with van der Waals surface area (Å²) in [5, 5.41) is 0. The molecule has 4 rings (SSSR count). The van der Waals surface area contributed by atoms with Crippen molar-refractivity contribution in [2.75, 3.05) is 0 Å². The Balaban J connectivity index is 1.71. The Morgan fingerprint density at radius 2 is 2.09 bits per heavy atom. The molecule has 3 atom stereocenters. The Kier molecular flexibility index (Phi) is 3.21. The molecule has 3 aliphatic carbocycles. The number of ether oxygens (including phenoxy) is 1. The van der Waals surface area contributed by atoms with Crippen LogP contribution >= 0.6 is 0 Å². The predicted molar refractivity (Wildman–Crippen MR) is 91.1 cm³/mol. The third-order valence-electron chi connectivity index (χ3n) is 6.69. The van der Waals surface area contributed by atoms with Crippen LogP contribution in [0.1, 0.15) is 63.0 Å². The summed E-state index contributed by atoms with van der Waals surface area (Å²) in [6, 6.07) is 6.68. The van der Waals surface area contributed by atoms with E-state index < -0.39 is 0 Å². The van der Waals surface area contributed by atoms with Crippen molar-refractivity contribution in [1.29, 1.82) is 0 Å². The van der Waals surface area contributed by atoms with Crippen molar-refractivity contribution in [3.05, 3.63) is 53.3 Å². The minimum absolute atomic E-state index is 0.473. The number of rotatable bonds is 2. The first kappa shape index (κ1) is 14.1. The predicted octanol–water partition coefficient (Wildman–Crippen LogP) is 5.77. The van der Waals surface area contributed by atoms with Crippen LogP contribution in [0.15, 0.2) is 42.2 Å². The summed E-state index contributed by atoms with van der Waals surface area (Å²) in [6.45, 7) is 8.58. The topological polar surface area (TPSA) is 9.23 Å². The summed E-state index contributed by atoms with van der Waals surface area (Å²) >= 11 is 0. The lowest BCUT2D eigenvalue weighted by atomic mass is 9.55. The Labute approximate surface area is 134 Å². The quantitative estimate of drug-likeness (QED) is 0.497.